The highest BCUT2D eigenvalue weighted by atomic mass is 19.4. The number of hydrogen-bond acceptors (Lipinski definition) is 3. The predicted octanol–water partition coefficient (Wildman–Crippen LogP) is 7.20. The molecule has 0 spiro atoms. The number of benzene rings is 3. The van der Waals surface area contributed by atoms with E-state index in [1.807, 2.05) is 37.3 Å². The van der Waals surface area contributed by atoms with Crippen molar-refractivity contribution in [2.75, 3.05) is 5.32 Å². The van der Waals surface area contributed by atoms with Crippen LogP contribution in [0.2, 0.25) is 0 Å². The number of rotatable bonds is 6. The molecule has 1 atom stereocenters. The summed E-state index contributed by atoms with van der Waals surface area (Å²) in [5, 5.41) is 14.2. The maximum atomic E-state index is 14.0. The number of halogens is 5. The van der Waals surface area contributed by atoms with Crippen LogP contribution in [0.5, 0.6) is 11.6 Å². The summed E-state index contributed by atoms with van der Waals surface area (Å²) in [6, 6.07) is 18.9. The molecule has 0 saturated carbocycles. The van der Waals surface area contributed by atoms with Crippen LogP contribution in [-0.4, -0.2) is 16.0 Å². The molecule has 0 radical (unpaired) electrons. The second-order valence-electron chi connectivity index (χ2n) is 7.55. The molecule has 0 saturated heterocycles. The summed E-state index contributed by atoms with van der Waals surface area (Å²) in [7, 11) is 0. The van der Waals surface area contributed by atoms with Gasteiger partial charge in [-0.2, -0.15) is 0 Å². The Morgan fingerprint density at radius 2 is 1.56 bits per heavy atom. The molecule has 3 aromatic carbocycles. The molecule has 0 aliphatic heterocycles. The van der Waals surface area contributed by atoms with Crippen LogP contribution in [0.3, 0.4) is 0 Å². The second kappa shape index (κ2) is 9.09. The molecule has 2 N–H and O–H groups in total. The molecule has 4 aromatic rings. The summed E-state index contributed by atoms with van der Waals surface area (Å²) >= 11 is 0. The molecule has 9 heteroatoms. The molecular formula is C25H19F5N2O2. The van der Waals surface area contributed by atoms with Crippen molar-refractivity contribution in [2.45, 2.75) is 19.3 Å². The molecule has 34 heavy (non-hydrogen) atoms. The Morgan fingerprint density at radius 1 is 0.882 bits per heavy atom. The van der Waals surface area contributed by atoms with E-state index in [0.717, 1.165) is 29.8 Å². The van der Waals surface area contributed by atoms with E-state index in [1.165, 1.54) is 22.8 Å². The Labute approximate surface area is 191 Å². The molecule has 0 aliphatic carbocycles. The Kier molecular flexibility index (Phi) is 6.19. The average molecular weight is 474 g/mol. The van der Waals surface area contributed by atoms with Crippen LogP contribution in [0, 0.1) is 11.6 Å². The van der Waals surface area contributed by atoms with Gasteiger partial charge in [0, 0.05) is 17.3 Å². The smallest absolute Gasteiger partial charge is 0.493 e. The molecule has 0 fully saturated rings. The van der Waals surface area contributed by atoms with E-state index in [1.54, 1.807) is 6.07 Å². The van der Waals surface area contributed by atoms with E-state index < -0.39 is 23.7 Å². The number of aromatic hydroxyl groups is 1. The number of ether oxygens (including phenoxy) is 1. The van der Waals surface area contributed by atoms with E-state index in [2.05, 4.69) is 10.1 Å². The zero-order valence-electron chi connectivity index (χ0n) is 17.8. The van der Waals surface area contributed by atoms with Gasteiger partial charge in [-0.3, -0.25) is 4.57 Å². The van der Waals surface area contributed by atoms with E-state index in [4.69, 9.17) is 0 Å². The van der Waals surface area contributed by atoms with Crippen LogP contribution in [-0.2, 0) is 0 Å². The van der Waals surface area contributed by atoms with Crippen molar-refractivity contribution in [3.05, 3.63) is 96.1 Å². The number of hydrogen-bond donors (Lipinski definition) is 2. The normalized spacial score (nSPS) is 12.4. The number of nitrogens with zero attached hydrogens (tertiary/aromatic N) is 1. The number of nitrogens with one attached hydrogen (secondary N) is 1. The van der Waals surface area contributed by atoms with Gasteiger partial charge >= 0.3 is 6.36 Å². The first kappa shape index (κ1) is 23.2. The highest BCUT2D eigenvalue weighted by Crippen LogP contribution is 2.39. The molecule has 1 aromatic heterocycles. The summed E-state index contributed by atoms with van der Waals surface area (Å²) in [6.45, 7) is 1.88. The van der Waals surface area contributed by atoms with Crippen molar-refractivity contribution < 1.29 is 31.8 Å². The van der Waals surface area contributed by atoms with Crippen molar-refractivity contribution in [1.82, 2.24) is 4.57 Å². The first-order valence-corrected chi connectivity index (χ1v) is 10.2. The molecule has 0 bridgehead atoms. The Morgan fingerprint density at radius 3 is 2.18 bits per heavy atom. The maximum absolute atomic E-state index is 14.0. The van der Waals surface area contributed by atoms with Crippen LogP contribution >= 0.6 is 0 Å². The monoisotopic (exact) mass is 474 g/mol. The van der Waals surface area contributed by atoms with Crippen LogP contribution in [0.4, 0.5) is 27.6 Å². The predicted molar refractivity (Wildman–Crippen MR) is 118 cm³/mol. The van der Waals surface area contributed by atoms with Crippen molar-refractivity contribution in [2.24, 2.45) is 0 Å². The minimum Gasteiger partial charge on any atom is -0.493 e. The molecule has 176 valence electrons. The second-order valence-corrected chi connectivity index (χ2v) is 7.55. The van der Waals surface area contributed by atoms with Crippen LogP contribution < -0.4 is 10.1 Å². The Balaban J connectivity index is 1.78. The minimum absolute atomic E-state index is 0.219. The fourth-order valence-electron chi connectivity index (χ4n) is 3.59. The standard InChI is InChI=1S/C25H19F5N2O2/c1-15(16-5-3-2-4-6-16)31-22-14-23(17-7-12-20(26)21(27)13-17)32(24(22)33)18-8-10-19(11-9-18)34-25(28,29)30/h2-15,31,33H,1H3/t15-/m1/s1. The summed E-state index contributed by atoms with van der Waals surface area (Å²) in [5.74, 6) is -2.80. The quantitative estimate of drug-likeness (QED) is 0.291. The lowest BCUT2D eigenvalue weighted by Gasteiger charge is -2.15. The summed E-state index contributed by atoms with van der Waals surface area (Å²) in [6.07, 6.45) is -4.85. The first-order chi connectivity index (χ1) is 16.1. The van der Waals surface area contributed by atoms with Gasteiger partial charge in [0.15, 0.2) is 11.6 Å². The van der Waals surface area contributed by atoms with Gasteiger partial charge in [0.05, 0.1) is 11.4 Å². The molecule has 0 amide bonds. The van der Waals surface area contributed by atoms with Gasteiger partial charge in [-0.25, -0.2) is 8.78 Å². The Hall–Kier alpha value is -4.01. The third kappa shape index (κ3) is 4.98. The van der Waals surface area contributed by atoms with E-state index in [9.17, 15) is 27.1 Å². The molecule has 1 heterocycles. The lowest BCUT2D eigenvalue weighted by molar-refractivity contribution is -0.274. The Bertz CT molecular complexity index is 1290. The lowest BCUT2D eigenvalue weighted by Crippen LogP contribution is -2.17. The van der Waals surface area contributed by atoms with Crippen LogP contribution in [0.25, 0.3) is 16.9 Å². The van der Waals surface area contributed by atoms with Gasteiger partial charge in [-0.1, -0.05) is 30.3 Å². The van der Waals surface area contributed by atoms with E-state index in [-0.39, 0.29) is 23.2 Å². The maximum Gasteiger partial charge on any atom is 0.573 e. The summed E-state index contributed by atoms with van der Waals surface area (Å²) < 4.78 is 70.2. The first-order valence-electron chi connectivity index (χ1n) is 10.2. The van der Waals surface area contributed by atoms with Gasteiger partial charge in [0.25, 0.3) is 0 Å². The molecule has 0 aliphatic rings. The molecule has 4 nitrogen and oxygen atoms in total. The van der Waals surface area contributed by atoms with Gasteiger partial charge < -0.3 is 15.2 Å². The zero-order chi connectivity index (χ0) is 24.5. The van der Waals surface area contributed by atoms with E-state index in [0.29, 0.717) is 11.4 Å². The largest absolute Gasteiger partial charge is 0.573 e. The minimum atomic E-state index is -4.85. The van der Waals surface area contributed by atoms with Crippen molar-refractivity contribution in [3.63, 3.8) is 0 Å². The third-order valence-electron chi connectivity index (χ3n) is 5.19. The highest BCUT2D eigenvalue weighted by Gasteiger charge is 2.31. The topological polar surface area (TPSA) is 46.4 Å². The average Bonchev–Trinajstić information content (AvgIpc) is 3.11. The van der Waals surface area contributed by atoms with Crippen molar-refractivity contribution >= 4 is 5.69 Å². The number of anilines is 1. The lowest BCUT2D eigenvalue weighted by atomic mass is 10.1. The van der Waals surface area contributed by atoms with Crippen molar-refractivity contribution in [3.8, 4) is 28.6 Å². The fraction of sp³-hybridized carbons (Fsp3) is 0.120. The SMILES string of the molecule is C[C@@H](Nc1cc(-c2ccc(F)c(F)c2)n(-c2ccc(OC(F)(F)F)cc2)c1O)c1ccccc1. The molecular weight excluding hydrogens is 455 g/mol. The summed E-state index contributed by atoms with van der Waals surface area (Å²) in [4.78, 5) is 0. The highest BCUT2D eigenvalue weighted by molar-refractivity contribution is 5.74. The fourth-order valence-corrected chi connectivity index (χ4v) is 3.59. The van der Waals surface area contributed by atoms with Crippen LogP contribution in [0.15, 0.2) is 78.9 Å². The number of aromatic nitrogens is 1. The molecule has 0 unspecified atom stereocenters. The van der Waals surface area contributed by atoms with Gasteiger partial charge in [0.1, 0.15) is 5.75 Å². The van der Waals surface area contributed by atoms with Gasteiger partial charge in [-0.05, 0) is 61.0 Å². The van der Waals surface area contributed by atoms with Crippen molar-refractivity contribution in [1.29, 1.82) is 0 Å². The zero-order valence-corrected chi connectivity index (χ0v) is 17.8. The van der Waals surface area contributed by atoms with Gasteiger partial charge in [-0.15, -0.1) is 13.2 Å². The summed E-state index contributed by atoms with van der Waals surface area (Å²) in [5.41, 5.74) is 2.07. The number of alkyl halides is 3. The molecule has 4 rings (SSSR count). The van der Waals surface area contributed by atoms with Gasteiger partial charge in [0.2, 0.25) is 5.88 Å². The van der Waals surface area contributed by atoms with E-state index >= 15 is 0 Å². The van der Waals surface area contributed by atoms with Crippen LogP contribution in [0.1, 0.15) is 18.5 Å². The third-order valence-corrected chi connectivity index (χ3v) is 5.19.